The molecule has 6 heteroatoms. The summed E-state index contributed by atoms with van der Waals surface area (Å²) in [5.41, 5.74) is 6.96. The standard InChI is InChI=1S/C13H8F3N3/c14-6-1-2-10(17)7(3-6)13-18-11-4-8(15)9(16)5-12(11)19-13/h1-5H,17H2,(H,18,19). The third kappa shape index (κ3) is 1.91. The Morgan fingerprint density at radius 1 is 1.00 bits per heavy atom. The van der Waals surface area contributed by atoms with E-state index in [1.807, 2.05) is 0 Å². The minimum atomic E-state index is -0.988. The number of nitrogens with two attached hydrogens (primary N) is 1. The Balaban J connectivity index is 2.23. The molecule has 1 heterocycles. The Morgan fingerprint density at radius 3 is 2.53 bits per heavy atom. The van der Waals surface area contributed by atoms with Crippen molar-refractivity contribution in [1.82, 2.24) is 9.97 Å². The Hall–Kier alpha value is -2.50. The second kappa shape index (κ2) is 4.01. The zero-order valence-corrected chi connectivity index (χ0v) is 9.55. The first-order chi connectivity index (χ1) is 9.04. The molecule has 0 aliphatic rings. The highest BCUT2D eigenvalue weighted by Crippen LogP contribution is 2.27. The molecule has 0 aliphatic heterocycles. The fraction of sp³-hybridized carbons (Fsp3) is 0. The summed E-state index contributed by atoms with van der Waals surface area (Å²) in [5, 5.41) is 0. The molecule has 0 spiro atoms. The number of nitrogens with one attached hydrogen (secondary N) is 1. The molecule has 0 bridgehead atoms. The minimum absolute atomic E-state index is 0.248. The maximum Gasteiger partial charge on any atom is 0.161 e. The number of hydrogen-bond acceptors (Lipinski definition) is 2. The summed E-state index contributed by atoms with van der Waals surface area (Å²) in [6.45, 7) is 0. The fourth-order valence-electron chi connectivity index (χ4n) is 1.87. The van der Waals surface area contributed by atoms with Crippen LogP contribution in [-0.4, -0.2) is 9.97 Å². The molecule has 0 saturated heterocycles. The average Bonchev–Trinajstić information content (AvgIpc) is 2.75. The van der Waals surface area contributed by atoms with Crippen molar-refractivity contribution in [2.45, 2.75) is 0 Å². The van der Waals surface area contributed by atoms with Crippen molar-refractivity contribution in [2.24, 2.45) is 0 Å². The number of nitrogen functional groups attached to an aromatic ring is 1. The van der Waals surface area contributed by atoms with E-state index in [2.05, 4.69) is 9.97 Å². The molecular formula is C13H8F3N3. The highest BCUT2D eigenvalue weighted by atomic mass is 19.2. The van der Waals surface area contributed by atoms with Gasteiger partial charge in [0.15, 0.2) is 11.6 Å². The van der Waals surface area contributed by atoms with E-state index >= 15 is 0 Å². The summed E-state index contributed by atoms with van der Waals surface area (Å²) in [5.74, 6) is -2.17. The lowest BCUT2D eigenvalue weighted by atomic mass is 10.1. The van der Waals surface area contributed by atoms with Gasteiger partial charge in [0.05, 0.1) is 11.0 Å². The van der Waals surface area contributed by atoms with Crippen LogP contribution in [-0.2, 0) is 0 Å². The molecule has 96 valence electrons. The van der Waals surface area contributed by atoms with E-state index in [1.165, 1.54) is 18.2 Å². The molecule has 0 aliphatic carbocycles. The van der Waals surface area contributed by atoms with Crippen LogP contribution in [0.15, 0.2) is 30.3 Å². The van der Waals surface area contributed by atoms with E-state index in [0.29, 0.717) is 16.8 Å². The second-order valence-electron chi connectivity index (χ2n) is 4.10. The molecule has 0 atom stereocenters. The lowest BCUT2D eigenvalue weighted by Crippen LogP contribution is -1.92. The van der Waals surface area contributed by atoms with Gasteiger partial charge in [0.1, 0.15) is 11.6 Å². The van der Waals surface area contributed by atoms with Crippen molar-refractivity contribution in [1.29, 1.82) is 0 Å². The highest BCUT2D eigenvalue weighted by molar-refractivity contribution is 5.82. The molecule has 19 heavy (non-hydrogen) atoms. The first kappa shape index (κ1) is 11.6. The van der Waals surface area contributed by atoms with E-state index < -0.39 is 17.5 Å². The molecule has 0 unspecified atom stereocenters. The number of benzene rings is 2. The van der Waals surface area contributed by atoms with E-state index in [0.717, 1.165) is 12.1 Å². The van der Waals surface area contributed by atoms with Gasteiger partial charge in [0, 0.05) is 23.4 Å². The molecule has 0 radical (unpaired) electrons. The topological polar surface area (TPSA) is 54.7 Å². The van der Waals surface area contributed by atoms with Crippen molar-refractivity contribution >= 4 is 16.7 Å². The van der Waals surface area contributed by atoms with Gasteiger partial charge >= 0.3 is 0 Å². The first-order valence-electron chi connectivity index (χ1n) is 5.45. The van der Waals surface area contributed by atoms with Crippen LogP contribution in [0.2, 0.25) is 0 Å². The van der Waals surface area contributed by atoms with E-state index in [9.17, 15) is 13.2 Å². The Labute approximate surface area is 105 Å². The lowest BCUT2D eigenvalue weighted by molar-refractivity contribution is 0.510. The summed E-state index contributed by atoms with van der Waals surface area (Å²) >= 11 is 0. The predicted molar refractivity (Wildman–Crippen MR) is 65.8 cm³/mol. The van der Waals surface area contributed by atoms with Crippen LogP contribution in [0.5, 0.6) is 0 Å². The lowest BCUT2D eigenvalue weighted by Gasteiger charge is -2.01. The van der Waals surface area contributed by atoms with Gasteiger partial charge in [0.25, 0.3) is 0 Å². The number of H-pyrrole nitrogens is 1. The predicted octanol–water partition coefficient (Wildman–Crippen LogP) is 3.23. The summed E-state index contributed by atoms with van der Waals surface area (Å²) in [6, 6.07) is 5.80. The number of halogens is 3. The normalized spacial score (nSPS) is 11.1. The van der Waals surface area contributed by atoms with Crippen LogP contribution in [0.4, 0.5) is 18.9 Å². The van der Waals surface area contributed by atoms with Gasteiger partial charge in [-0.25, -0.2) is 18.2 Å². The molecule has 2 aromatic carbocycles. The highest BCUT2D eigenvalue weighted by Gasteiger charge is 2.12. The smallest absolute Gasteiger partial charge is 0.161 e. The number of imidazole rings is 1. The van der Waals surface area contributed by atoms with Crippen LogP contribution in [0, 0.1) is 17.5 Å². The number of aromatic nitrogens is 2. The van der Waals surface area contributed by atoms with Crippen molar-refractivity contribution in [2.75, 3.05) is 5.73 Å². The third-order valence-corrected chi connectivity index (χ3v) is 2.79. The summed E-state index contributed by atoms with van der Waals surface area (Å²) in [6.07, 6.45) is 0. The van der Waals surface area contributed by atoms with E-state index in [4.69, 9.17) is 5.73 Å². The Kier molecular flexibility index (Phi) is 2.45. The maximum absolute atomic E-state index is 13.2. The van der Waals surface area contributed by atoms with Gasteiger partial charge in [-0.3, -0.25) is 0 Å². The number of nitrogens with zero attached hydrogens (tertiary/aromatic N) is 1. The van der Waals surface area contributed by atoms with Crippen molar-refractivity contribution in [3.63, 3.8) is 0 Å². The van der Waals surface area contributed by atoms with Crippen LogP contribution < -0.4 is 5.73 Å². The van der Waals surface area contributed by atoms with Crippen LogP contribution in [0.3, 0.4) is 0 Å². The van der Waals surface area contributed by atoms with Crippen LogP contribution in [0.1, 0.15) is 0 Å². The fourth-order valence-corrected chi connectivity index (χ4v) is 1.87. The number of aromatic amines is 1. The van der Waals surface area contributed by atoms with Crippen molar-refractivity contribution in [3.8, 4) is 11.4 Å². The zero-order chi connectivity index (χ0) is 13.6. The molecule has 0 fully saturated rings. The monoisotopic (exact) mass is 263 g/mol. The van der Waals surface area contributed by atoms with Crippen LogP contribution >= 0.6 is 0 Å². The van der Waals surface area contributed by atoms with Crippen LogP contribution in [0.25, 0.3) is 22.4 Å². The van der Waals surface area contributed by atoms with E-state index in [1.54, 1.807) is 0 Å². The molecule has 3 rings (SSSR count). The number of hydrogen-bond donors (Lipinski definition) is 2. The molecule has 3 N–H and O–H groups in total. The summed E-state index contributed by atoms with van der Waals surface area (Å²) in [4.78, 5) is 6.86. The average molecular weight is 263 g/mol. The van der Waals surface area contributed by atoms with E-state index in [-0.39, 0.29) is 11.3 Å². The van der Waals surface area contributed by atoms with Crippen molar-refractivity contribution in [3.05, 3.63) is 47.8 Å². The molecule has 1 aromatic heterocycles. The maximum atomic E-state index is 13.2. The second-order valence-corrected chi connectivity index (χ2v) is 4.10. The Bertz CT molecular complexity index is 741. The largest absolute Gasteiger partial charge is 0.398 e. The van der Waals surface area contributed by atoms with Gasteiger partial charge in [-0.15, -0.1) is 0 Å². The van der Waals surface area contributed by atoms with Gasteiger partial charge in [-0.2, -0.15) is 0 Å². The molecule has 0 amide bonds. The molecule has 3 nitrogen and oxygen atoms in total. The van der Waals surface area contributed by atoms with Gasteiger partial charge < -0.3 is 10.7 Å². The summed E-state index contributed by atoms with van der Waals surface area (Å²) in [7, 11) is 0. The first-order valence-corrected chi connectivity index (χ1v) is 5.45. The number of anilines is 1. The molecule has 3 aromatic rings. The zero-order valence-electron chi connectivity index (χ0n) is 9.55. The number of rotatable bonds is 1. The van der Waals surface area contributed by atoms with Gasteiger partial charge in [0.2, 0.25) is 0 Å². The minimum Gasteiger partial charge on any atom is -0.398 e. The molecular weight excluding hydrogens is 255 g/mol. The molecule has 0 saturated carbocycles. The SMILES string of the molecule is Nc1ccc(F)cc1-c1nc2cc(F)c(F)cc2[nH]1. The number of fused-ring (bicyclic) bond motifs is 1. The quantitative estimate of drug-likeness (QED) is 0.662. The van der Waals surface area contributed by atoms with Crippen molar-refractivity contribution < 1.29 is 13.2 Å². The summed E-state index contributed by atoms with van der Waals surface area (Å²) < 4.78 is 39.4. The van der Waals surface area contributed by atoms with Gasteiger partial charge in [-0.1, -0.05) is 0 Å². The third-order valence-electron chi connectivity index (χ3n) is 2.79. The van der Waals surface area contributed by atoms with Gasteiger partial charge in [-0.05, 0) is 18.2 Å². The Morgan fingerprint density at radius 2 is 1.74 bits per heavy atom.